The summed E-state index contributed by atoms with van der Waals surface area (Å²) in [7, 11) is 1.65. The van der Waals surface area contributed by atoms with Gasteiger partial charge in [0.05, 0.1) is 20.0 Å². The number of ether oxygens (including phenoxy) is 2. The molecule has 0 aliphatic carbocycles. The third-order valence-electron chi connectivity index (χ3n) is 2.43. The summed E-state index contributed by atoms with van der Waals surface area (Å²) in [6.45, 7) is 1.61. The minimum Gasteiger partial charge on any atom is -1.00 e. The molecule has 0 amide bonds. The topological polar surface area (TPSA) is 36.3 Å². The summed E-state index contributed by atoms with van der Waals surface area (Å²) in [5.74, 6) is 1.66. The monoisotopic (exact) mass is 267 g/mol. The molecule has 1 aromatic carbocycles. The Morgan fingerprint density at radius 1 is 1.28 bits per heavy atom. The molecule has 18 heavy (non-hydrogen) atoms. The molecule has 0 aliphatic rings. The third-order valence-corrected chi connectivity index (χ3v) is 2.43. The highest BCUT2D eigenvalue weighted by Gasteiger charge is 1.96. The Bertz CT molecular complexity index is 446. The molecule has 4 nitrogen and oxygen atoms in total. The molecule has 0 N–H and O–H groups in total. The zero-order chi connectivity index (χ0) is 11.9. The Hall–Kier alpha value is -1.68. The maximum absolute atomic E-state index is 5.63. The molecule has 2 aromatic rings. The van der Waals surface area contributed by atoms with E-state index in [4.69, 9.17) is 9.47 Å². The molecular weight excluding hydrogens is 252 g/mol. The van der Waals surface area contributed by atoms with Crippen LogP contribution in [-0.4, -0.2) is 23.3 Å². The summed E-state index contributed by atoms with van der Waals surface area (Å²) in [5.41, 5.74) is 0. The van der Waals surface area contributed by atoms with Gasteiger partial charge in [-0.1, -0.05) is 6.07 Å². The molecule has 0 radical (unpaired) electrons. The molecular formula is C13H16ClN2O2-. The van der Waals surface area contributed by atoms with E-state index in [-0.39, 0.29) is 12.4 Å². The van der Waals surface area contributed by atoms with Crippen LogP contribution in [0.15, 0.2) is 43.0 Å². The molecule has 0 unspecified atom stereocenters. The van der Waals surface area contributed by atoms with Crippen molar-refractivity contribution in [2.75, 3.05) is 13.7 Å². The summed E-state index contributed by atoms with van der Waals surface area (Å²) in [6, 6.07) is 7.64. The van der Waals surface area contributed by atoms with Gasteiger partial charge in [-0.05, 0) is 18.6 Å². The van der Waals surface area contributed by atoms with Crippen molar-refractivity contribution in [1.82, 2.24) is 9.55 Å². The molecule has 1 aromatic heterocycles. The van der Waals surface area contributed by atoms with Crippen molar-refractivity contribution < 1.29 is 21.9 Å². The number of benzene rings is 1. The summed E-state index contributed by atoms with van der Waals surface area (Å²) < 4.78 is 12.8. The van der Waals surface area contributed by atoms with Gasteiger partial charge in [-0.2, -0.15) is 0 Å². The Morgan fingerprint density at radius 3 is 2.83 bits per heavy atom. The molecule has 1 heterocycles. The first kappa shape index (κ1) is 14.4. The molecule has 2 rings (SSSR count). The largest absolute Gasteiger partial charge is 1.00 e. The zero-order valence-corrected chi connectivity index (χ0v) is 11.0. The first-order valence-electron chi connectivity index (χ1n) is 5.61. The fourth-order valence-electron chi connectivity index (χ4n) is 1.55. The van der Waals surface area contributed by atoms with E-state index in [1.165, 1.54) is 0 Å². The smallest absolute Gasteiger partial charge is 0.122 e. The summed E-state index contributed by atoms with van der Waals surface area (Å²) in [5, 5.41) is 0. The van der Waals surface area contributed by atoms with Crippen LogP contribution in [0.25, 0.3) is 0 Å². The average molecular weight is 268 g/mol. The van der Waals surface area contributed by atoms with Crippen LogP contribution >= 0.6 is 0 Å². The predicted octanol–water partition coefficient (Wildman–Crippen LogP) is -0.635. The van der Waals surface area contributed by atoms with E-state index in [9.17, 15) is 0 Å². The Morgan fingerprint density at radius 2 is 2.11 bits per heavy atom. The molecule has 0 saturated carbocycles. The predicted molar refractivity (Wildman–Crippen MR) is 65.3 cm³/mol. The summed E-state index contributed by atoms with van der Waals surface area (Å²) in [6.07, 6.45) is 6.49. The molecule has 5 heteroatoms. The first-order chi connectivity index (χ1) is 8.38. The van der Waals surface area contributed by atoms with Gasteiger partial charge in [0.15, 0.2) is 0 Å². The normalized spacial score (nSPS) is 9.61. The van der Waals surface area contributed by atoms with Crippen molar-refractivity contribution in [1.29, 1.82) is 0 Å². The highest BCUT2D eigenvalue weighted by Crippen LogP contribution is 2.18. The average Bonchev–Trinajstić information content (AvgIpc) is 2.88. The van der Waals surface area contributed by atoms with Crippen LogP contribution in [-0.2, 0) is 6.54 Å². The number of aryl methyl sites for hydroxylation is 1. The number of methoxy groups -OCH3 is 1. The SMILES string of the molecule is COc1cccc(OCCCn2ccnc2)c1.[Cl-]. The van der Waals surface area contributed by atoms with Crippen molar-refractivity contribution in [2.24, 2.45) is 0 Å². The molecule has 0 aliphatic heterocycles. The van der Waals surface area contributed by atoms with Crippen molar-refractivity contribution in [2.45, 2.75) is 13.0 Å². The number of imidazole rings is 1. The van der Waals surface area contributed by atoms with E-state index in [2.05, 4.69) is 4.98 Å². The molecule has 0 bridgehead atoms. The Balaban J connectivity index is 0.00000162. The molecule has 0 atom stereocenters. The van der Waals surface area contributed by atoms with Crippen LogP contribution in [0.2, 0.25) is 0 Å². The highest BCUT2D eigenvalue weighted by molar-refractivity contribution is 5.32. The lowest BCUT2D eigenvalue weighted by Crippen LogP contribution is -3.00. The van der Waals surface area contributed by atoms with E-state index in [0.29, 0.717) is 6.61 Å². The van der Waals surface area contributed by atoms with Gasteiger partial charge in [-0.3, -0.25) is 0 Å². The van der Waals surface area contributed by atoms with Crippen molar-refractivity contribution >= 4 is 0 Å². The van der Waals surface area contributed by atoms with Gasteiger partial charge in [-0.25, -0.2) is 4.98 Å². The van der Waals surface area contributed by atoms with Crippen molar-refractivity contribution in [3.63, 3.8) is 0 Å². The quantitative estimate of drug-likeness (QED) is 0.654. The number of halogens is 1. The maximum Gasteiger partial charge on any atom is 0.122 e. The minimum atomic E-state index is 0. The maximum atomic E-state index is 5.63. The van der Waals surface area contributed by atoms with Crippen molar-refractivity contribution in [3.8, 4) is 11.5 Å². The van der Waals surface area contributed by atoms with Gasteiger partial charge < -0.3 is 26.4 Å². The van der Waals surface area contributed by atoms with E-state index < -0.39 is 0 Å². The third kappa shape index (κ3) is 4.30. The highest BCUT2D eigenvalue weighted by atomic mass is 35.5. The van der Waals surface area contributed by atoms with Crippen LogP contribution in [0, 0.1) is 0 Å². The van der Waals surface area contributed by atoms with E-state index in [0.717, 1.165) is 24.5 Å². The summed E-state index contributed by atoms with van der Waals surface area (Å²) >= 11 is 0. The zero-order valence-electron chi connectivity index (χ0n) is 10.3. The van der Waals surface area contributed by atoms with Gasteiger partial charge in [0.25, 0.3) is 0 Å². The lowest BCUT2D eigenvalue weighted by atomic mass is 10.3. The van der Waals surface area contributed by atoms with Crippen LogP contribution < -0.4 is 21.9 Å². The van der Waals surface area contributed by atoms with Crippen LogP contribution in [0.3, 0.4) is 0 Å². The van der Waals surface area contributed by atoms with Gasteiger partial charge in [0.1, 0.15) is 11.5 Å². The Labute approximate surface area is 113 Å². The molecule has 0 saturated heterocycles. The second-order valence-corrected chi connectivity index (χ2v) is 3.68. The van der Waals surface area contributed by atoms with Crippen LogP contribution in [0.5, 0.6) is 11.5 Å². The van der Waals surface area contributed by atoms with Crippen molar-refractivity contribution in [3.05, 3.63) is 43.0 Å². The number of rotatable bonds is 6. The van der Waals surface area contributed by atoms with Gasteiger partial charge in [0.2, 0.25) is 0 Å². The van der Waals surface area contributed by atoms with Crippen LogP contribution in [0.4, 0.5) is 0 Å². The second-order valence-electron chi connectivity index (χ2n) is 3.68. The number of hydrogen-bond acceptors (Lipinski definition) is 3. The first-order valence-corrected chi connectivity index (χ1v) is 5.61. The van der Waals surface area contributed by atoms with E-state index in [1.807, 2.05) is 41.4 Å². The minimum absolute atomic E-state index is 0. The second kappa shape index (κ2) is 7.61. The lowest BCUT2D eigenvalue weighted by Gasteiger charge is -2.07. The van der Waals surface area contributed by atoms with Gasteiger partial charge in [-0.15, -0.1) is 0 Å². The fourth-order valence-corrected chi connectivity index (χ4v) is 1.55. The Kier molecular flexibility index (Phi) is 6.08. The van der Waals surface area contributed by atoms with E-state index in [1.54, 1.807) is 13.3 Å². The number of hydrogen-bond donors (Lipinski definition) is 0. The number of aromatic nitrogens is 2. The molecule has 0 spiro atoms. The van der Waals surface area contributed by atoms with Crippen LogP contribution in [0.1, 0.15) is 6.42 Å². The molecule has 0 fully saturated rings. The lowest BCUT2D eigenvalue weighted by molar-refractivity contribution is -0.00000441. The fraction of sp³-hybridized carbons (Fsp3) is 0.308. The summed E-state index contributed by atoms with van der Waals surface area (Å²) in [4.78, 5) is 3.99. The molecule has 98 valence electrons. The number of nitrogens with zero attached hydrogens (tertiary/aromatic N) is 2. The standard InChI is InChI=1S/C13H16N2O2.ClH/c1-16-12-4-2-5-13(10-12)17-9-3-7-15-8-6-14-11-15;/h2,4-6,8,10-11H,3,7,9H2,1H3;1H/p-1. The van der Waals surface area contributed by atoms with Gasteiger partial charge >= 0.3 is 0 Å². The van der Waals surface area contributed by atoms with E-state index >= 15 is 0 Å². The van der Waals surface area contributed by atoms with Gasteiger partial charge in [0, 0.05) is 25.0 Å².